The summed E-state index contributed by atoms with van der Waals surface area (Å²) in [5, 5.41) is 0. The summed E-state index contributed by atoms with van der Waals surface area (Å²) >= 11 is 0. The predicted octanol–water partition coefficient (Wildman–Crippen LogP) is 1.70. The van der Waals surface area contributed by atoms with Crippen LogP contribution in [0.15, 0.2) is 29.2 Å². The first-order valence-corrected chi connectivity index (χ1v) is 6.57. The first kappa shape index (κ1) is 12.8. The Bertz CT molecular complexity index is 496. The van der Waals surface area contributed by atoms with E-state index in [0.29, 0.717) is 18.7 Å². The number of sulfonamides is 1. The van der Waals surface area contributed by atoms with Gasteiger partial charge >= 0.3 is 0 Å². The molecule has 0 radical (unpaired) electrons. The van der Waals surface area contributed by atoms with Crippen molar-refractivity contribution in [1.82, 2.24) is 4.31 Å². The fourth-order valence-electron chi connectivity index (χ4n) is 1.46. The molecule has 0 aliphatic heterocycles. The normalized spacial score (nSPS) is 11.4. The highest BCUT2D eigenvalue weighted by atomic mass is 32.2. The van der Waals surface area contributed by atoms with Crippen LogP contribution in [0.25, 0.3) is 0 Å². The quantitative estimate of drug-likeness (QED) is 0.747. The average Bonchev–Trinajstić information content (AvgIpc) is 2.30. The Labute approximate surface area is 97.1 Å². The number of rotatable bonds is 4. The summed E-state index contributed by atoms with van der Waals surface area (Å²) in [4.78, 5) is 0.256. The summed E-state index contributed by atoms with van der Waals surface area (Å²) in [6, 6.07) is 6.45. The van der Waals surface area contributed by atoms with Crippen LogP contribution in [0.1, 0.15) is 19.4 Å². The molecule has 0 aliphatic carbocycles. The molecule has 4 heteroatoms. The molecule has 1 aromatic rings. The van der Waals surface area contributed by atoms with Crippen LogP contribution in [0.3, 0.4) is 0 Å². The number of hydrogen-bond acceptors (Lipinski definition) is 2. The predicted molar refractivity (Wildman–Crippen MR) is 64.5 cm³/mol. The van der Waals surface area contributed by atoms with Crippen LogP contribution in [0.4, 0.5) is 0 Å². The number of terminal acetylenes is 1. The van der Waals surface area contributed by atoms with Gasteiger partial charge in [0.2, 0.25) is 10.0 Å². The van der Waals surface area contributed by atoms with E-state index in [1.165, 1.54) is 10.4 Å². The van der Waals surface area contributed by atoms with E-state index in [4.69, 9.17) is 6.42 Å². The fourth-order valence-corrected chi connectivity index (χ4v) is 2.96. The SMILES string of the molecule is C#Cc1cccc(S(=O)(=O)N(CC)CC)c1. The molecule has 1 aromatic carbocycles. The third kappa shape index (κ3) is 2.43. The van der Waals surface area contributed by atoms with Crippen molar-refractivity contribution in [3.05, 3.63) is 29.8 Å². The van der Waals surface area contributed by atoms with Gasteiger partial charge < -0.3 is 0 Å². The second kappa shape index (κ2) is 5.15. The first-order chi connectivity index (χ1) is 7.56. The third-order valence-corrected chi connectivity index (χ3v) is 4.39. The molecule has 1 rings (SSSR count). The second-order valence-corrected chi connectivity index (χ2v) is 5.20. The maximum atomic E-state index is 12.1. The van der Waals surface area contributed by atoms with Crippen molar-refractivity contribution < 1.29 is 8.42 Å². The molecule has 0 saturated heterocycles. The van der Waals surface area contributed by atoms with Gasteiger partial charge in [-0.25, -0.2) is 8.42 Å². The average molecular weight is 237 g/mol. The number of nitrogens with zero attached hydrogens (tertiary/aromatic N) is 1. The summed E-state index contributed by atoms with van der Waals surface area (Å²) in [5.74, 6) is 2.43. The van der Waals surface area contributed by atoms with Crippen molar-refractivity contribution >= 4 is 10.0 Å². The van der Waals surface area contributed by atoms with Gasteiger partial charge in [-0.15, -0.1) is 6.42 Å². The van der Waals surface area contributed by atoms with Crippen LogP contribution in [0.5, 0.6) is 0 Å². The summed E-state index contributed by atoms with van der Waals surface area (Å²) in [7, 11) is -3.40. The number of benzene rings is 1. The van der Waals surface area contributed by atoms with Crippen LogP contribution in [0.2, 0.25) is 0 Å². The van der Waals surface area contributed by atoms with Crippen molar-refractivity contribution in [1.29, 1.82) is 0 Å². The summed E-state index contributed by atoms with van der Waals surface area (Å²) < 4.78 is 25.6. The fraction of sp³-hybridized carbons (Fsp3) is 0.333. The van der Waals surface area contributed by atoms with Crippen LogP contribution >= 0.6 is 0 Å². The van der Waals surface area contributed by atoms with Gasteiger partial charge in [-0.05, 0) is 18.2 Å². The molecular weight excluding hydrogens is 222 g/mol. The molecule has 0 N–H and O–H groups in total. The van der Waals surface area contributed by atoms with E-state index in [2.05, 4.69) is 5.92 Å². The molecule has 0 atom stereocenters. The Morgan fingerprint density at radius 3 is 2.44 bits per heavy atom. The molecule has 0 saturated carbocycles. The van der Waals surface area contributed by atoms with Crippen molar-refractivity contribution in [3.8, 4) is 12.3 Å². The molecule has 86 valence electrons. The summed E-state index contributed by atoms with van der Waals surface area (Å²) in [5.41, 5.74) is 0.577. The summed E-state index contributed by atoms with van der Waals surface area (Å²) in [6.45, 7) is 4.54. The van der Waals surface area contributed by atoms with E-state index in [9.17, 15) is 8.42 Å². The first-order valence-electron chi connectivity index (χ1n) is 5.13. The lowest BCUT2D eigenvalue weighted by molar-refractivity contribution is 0.445. The highest BCUT2D eigenvalue weighted by Gasteiger charge is 2.21. The molecule has 0 heterocycles. The standard InChI is InChI=1S/C12H15NO2S/c1-4-11-8-7-9-12(10-11)16(14,15)13(5-2)6-3/h1,7-10H,5-6H2,2-3H3. The molecule has 0 amide bonds. The topological polar surface area (TPSA) is 37.4 Å². The van der Waals surface area contributed by atoms with E-state index >= 15 is 0 Å². The largest absolute Gasteiger partial charge is 0.243 e. The Balaban J connectivity index is 3.22. The monoisotopic (exact) mass is 237 g/mol. The maximum Gasteiger partial charge on any atom is 0.243 e. The minimum atomic E-state index is -3.40. The molecule has 0 bridgehead atoms. The zero-order chi connectivity index (χ0) is 12.2. The van der Waals surface area contributed by atoms with Crippen LogP contribution in [-0.4, -0.2) is 25.8 Å². The lowest BCUT2D eigenvalue weighted by Gasteiger charge is -2.18. The molecule has 0 unspecified atom stereocenters. The van der Waals surface area contributed by atoms with Crippen LogP contribution in [0, 0.1) is 12.3 Å². The Hall–Kier alpha value is -1.31. The van der Waals surface area contributed by atoms with Crippen molar-refractivity contribution in [3.63, 3.8) is 0 Å². The van der Waals surface area contributed by atoms with Gasteiger partial charge in [-0.2, -0.15) is 4.31 Å². The van der Waals surface area contributed by atoms with E-state index in [1.807, 2.05) is 13.8 Å². The molecular formula is C12H15NO2S. The van der Waals surface area contributed by atoms with Gasteiger partial charge in [0, 0.05) is 18.7 Å². The van der Waals surface area contributed by atoms with E-state index in [1.54, 1.807) is 18.2 Å². The molecule has 0 aromatic heterocycles. The van der Waals surface area contributed by atoms with E-state index in [0.717, 1.165) is 0 Å². The smallest absolute Gasteiger partial charge is 0.207 e. The van der Waals surface area contributed by atoms with Gasteiger partial charge in [0.15, 0.2) is 0 Å². The lowest BCUT2D eigenvalue weighted by atomic mass is 10.2. The zero-order valence-corrected chi connectivity index (χ0v) is 10.3. The Kier molecular flexibility index (Phi) is 4.11. The second-order valence-electron chi connectivity index (χ2n) is 3.26. The highest BCUT2D eigenvalue weighted by molar-refractivity contribution is 7.89. The molecule has 0 aliphatic rings. The molecule has 0 fully saturated rings. The van der Waals surface area contributed by atoms with Crippen molar-refractivity contribution in [2.45, 2.75) is 18.7 Å². The maximum absolute atomic E-state index is 12.1. The lowest BCUT2D eigenvalue weighted by Crippen LogP contribution is -2.30. The minimum absolute atomic E-state index is 0.256. The Morgan fingerprint density at radius 2 is 1.94 bits per heavy atom. The summed E-state index contributed by atoms with van der Waals surface area (Å²) in [6.07, 6.45) is 5.24. The van der Waals surface area contributed by atoms with Crippen LogP contribution in [-0.2, 0) is 10.0 Å². The third-order valence-electron chi connectivity index (χ3n) is 2.34. The zero-order valence-electron chi connectivity index (χ0n) is 9.47. The molecule has 16 heavy (non-hydrogen) atoms. The van der Waals surface area contributed by atoms with Gasteiger partial charge in [0.25, 0.3) is 0 Å². The van der Waals surface area contributed by atoms with Crippen molar-refractivity contribution in [2.75, 3.05) is 13.1 Å². The molecule has 0 spiro atoms. The van der Waals surface area contributed by atoms with Gasteiger partial charge in [0.1, 0.15) is 0 Å². The molecule has 3 nitrogen and oxygen atoms in total. The van der Waals surface area contributed by atoms with Gasteiger partial charge in [0.05, 0.1) is 4.90 Å². The minimum Gasteiger partial charge on any atom is -0.207 e. The van der Waals surface area contributed by atoms with E-state index in [-0.39, 0.29) is 4.90 Å². The Morgan fingerprint density at radius 1 is 1.31 bits per heavy atom. The van der Waals surface area contributed by atoms with Crippen molar-refractivity contribution in [2.24, 2.45) is 0 Å². The highest BCUT2D eigenvalue weighted by Crippen LogP contribution is 2.16. The number of hydrogen-bond donors (Lipinski definition) is 0. The van der Waals surface area contributed by atoms with E-state index < -0.39 is 10.0 Å². The van der Waals surface area contributed by atoms with Crippen LogP contribution < -0.4 is 0 Å². The van der Waals surface area contributed by atoms with Gasteiger partial charge in [-0.1, -0.05) is 25.8 Å². The van der Waals surface area contributed by atoms with Gasteiger partial charge in [-0.3, -0.25) is 0 Å².